The summed E-state index contributed by atoms with van der Waals surface area (Å²) < 4.78 is 5.59. The van der Waals surface area contributed by atoms with Crippen molar-refractivity contribution in [2.75, 3.05) is 23.3 Å². The van der Waals surface area contributed by atoms with Crippen LogP contribution in [0.3, 0.4) is 0 Å². The van der Waals surface area contributed by atoms with Crippen LogP contribution in [0.1, 0.15) is 12.0 Å². The molecule has 1 N–H and O–H groups in total. The molecule has 0 fully saturated rings. The predicted molar refractivity (Wildman–Crippen MR) is 139 cm³/mol. The molecule has 0 saturated carbocycles. The Morgan fingerprint density at radius 2 is 1.54 bits per heavy atom. The zero-order valence-corrected chi connectivity index (χ0v) is 19.3. The third kappa shape index (κ3) is 5.55. The van der Waals surface area contributed by atoms with Crippen LogP contribution in [0.2, 0.25) is 0 Å². The van der Waals surface area contributed by atoms with E-state index in [1.807, 2.05) is 84.9 Å². The van der Waals surface area contributed by atoms with Crippen molar-refractivity contribution < 1.29 is 9.21 Å². The molecule has 174 valence electrons. The number of fused-ring (bicyclic) bond motifs is 1. The topological polar surface area (TPSA) is 71.3 Å². The van der Waals surface area contributed by atoms with Gasteiger partial charge in [-0.1, -0.05) is 60.7 Å². The van der Waals surface area contributed by atoms with Crippen molar-refractivity contribution in [1.29, 1.82) is 0 Å². The van der Waals surface area contributed by atoms with Crippen molar-refractivity contribution in [3.05, 3.63) is 109 Å². The first-order chi connectivity index (χ1) is 17.3. The summed E-state index contributed by atoms with van der Waals surface area (Å²) >= 11 is 0. The van der Waals surface area contributed by atoms with Gasteiger partial charge in [0.1, 0.15) is 5.82 Å². The monoisotopic (exact) mass is 462 g/mol. The van der Waals surface area contributed by atoms with Crippen LogP contribution >= 0.6 is 0 Å². The number of carbonyl (C=O) groups excluding carboxylic acids is 1. The van der Waals surface area contributed by atoms with Crippen LogP contribution in [0.25, 0.3) is 22.5 Å². The third-order valence-corrected chi connectivity index (χ3v) is 5.80. The summed E-state index contributed by atoms with van der Waals surface area (Å²) in [6.45, 7) is 1.23. The maximum absolute atomic E-state index is 12.8. The number of amides is 1. The summed E-state index contributed by atoms with van der Waals surface area (Å²) in [5.41, 5.74) is 2.86. The molecule has 0 aliphatic carbocycles. The number of hydrogen-bond donors (Lipinski definition) is 1. The molecule has 0 radical (unpaired) electrons. The molecule has 35 heavy (non-hydrogen) atoms. The molecule has 0 bridgehead atoms. The third-order valence-electron chi connectivity index (χ3n) is 5.80. The van der Waals surface area contributed by atoms with Crippen LogP contribution in [0.4, 0.5) is 11.5 Å². The minimum atomic E-state index is -0.0365. The Balaban J connectivity index is 1.45. The van der Waals surface area contributed by atoms with Gasteiger partial charge in [0.05, 0.1) is 11.8 Å². The lowest BCUT2D eigenvalue weighted by Gasteiger charge is -2.25. The van der Waals surface area contributed by atoms with Gasteiger partial charge < -0.3 is 14.6 Å². The maximum atomic E-state index is 12.8. The van der Waals surface area contributed by atoms with Gasteiger partial charge in [-0.3, -0.25) is 4.79 Å². The molecule has 0 unspecified atom stereocenters. The van der Waals surface area contributed by atoms with Gasteiger partial charge in [-0.2, -0.15) is 0 Å². The van der Waals surface area contributed by atoms with Crippen molar-refractivity contribution in [3.8, 4) is 11.6 Å². The standard InChI is InChI=1S/C29H26N4O2/c34-27(30-23-12-5-2-6-13-23)18-20-33(19-17-22-10-3-1-4-11-22)29-24-14-7-8-15-25(24)31-28(32-29)26-16-9-21-35-26/h1-16,21H,17-20H2,(H,30,34). The lowest BCUT2D eigenvalue weighted by Crippen LogP contribution is -2.31. The van der Waals surface area contributed by atoms with Crippen molar-refractivity contribution in [3.63, 3.8) is 0 Å². The van der Waals surface area contributed by atoms with Crippen LogP contribution in [0.5, 0.6) is 0 Å². The Morgan fingerprint density at radius 1 is 0.800 bits per heavy atom. The molecule has 3 aromatic carbocycles. The molecule has 0 aliphatic rings. The van der Waals surface area contributed by atoms with E-state index in [0.717, 1.165) is 28.8 Å². The first-order valence-electron chi connectivity index (χ1n) is 11.7. The molecule has 5 aromatic rings. The highest BCUT2D eigenvalue weighted by molar-refractivity contribution is 5.93. The highest BCUT2D eigenvalue weighted by atomic mass is 16.3. The number of rotatable bonds is 9. The van der Waals surface area contributed by atoms with E-state index in [2.05, 4.69) is 22.3 Å². The van der Waals surface area contributed by atoms with Crippen LogP contribution in [0.15, 0.2) is 108 Å². The second-order valence-electron chi connectivity index (χ2n) is 8.25. The summed E-state index contributed by atoms with van der Waals surface area (Å²) in [7, 11) is 0. The molecule has 5 rings (SSSR count). The van der Waals surface area contributed by atoms with E-state index in [-0.39, 0.29) is 5.91 Å². The first-order valence-corrected chi connectivity index (χ1v) is 11.7. The van der Waals surface area contributed by atoms with Crippen molar-refractivity contribution in [2.45, 2.75) is 12.8 Å². The first kappa shape index (κ1) is 22.3. The van der Waals surface area contributed by atoms with E-state index in [1.165, 1.54) is 5.56 Å². The lowest BCUT2D eigenvalue weighted by molar-refractivity contribution is -0.116. The van der Waals surface area contributed by atoms with Crippen molar-refractivity contribution in [1.82, 2.24) is 9.97 Å². The fourth-order valence-electron chi connectivity index (χ4n) is 4.03. The van der Waals surface area contributed by atoms with Gasteiger partial charge in [0.2, 0.25) is 5.91 Å². The zero-order chi connectivity index (χ0) is 23.9. The fourth-order valence-corrected chi connectivity index (χ4v) is 4.03. The normalized spacial score (nSPS) is 10.9. The summed E-state index contributed by atoms with van der Waals surface area (Å²) in [5, 5.41) is 3.92. The predicted octanol–water partition coefficient (Wildman–Crippen LogP) is 5.97. The number of anilines is 2. The highest BCUT2D eigenvalue weighted by Gasteiger charge is 2.18. The second kappa shape index (κ2) is 10.7. The van der Waals surface area contributed by atoms with Gasteiger partial charge in [0.15, 0.2) is 11.6 Å². The van der Waals surface area contributed by atoms with Gasteiger partial charge in [-0.05, 0) is 48.4 Å². The van der Waals surface area contributed by atoms with Gasteiger partial charge >= 0.3 is 0 Å². The number of carbonyl (C=O) groups is 1. The molecule has 2 heterocycles. The number of nitrogens with zero attached hydrogens (tertiary/aromatic N) is 3. The number of furan rings is 1. The van der Waals surface area contributed by atoms with Crippen LogP contribution in [-0.2, 0) is 11.2 Å². The van der Waals surface area contributed by atoms with Gasteiger partial charge in [0.25, 0.3) is 0 Å². The number of para-hydroxylation sites is 2. The van der Waals surface area contributed by atoms with Crippen LogP contribution in [0, 0.1) is 0 Å². The van der Waals surface area contributed by atoms with Gasteiger partial charge in [-0.25, -0.2) is 9.97 Å². The maximum Gasteiger partial charge on any atom is 0.226 e. The van der Waals surface area contributed by atoms with E-state index in [9.17, 15) is 4.79 Å². The largest absolute Gasteiger partial charge is 0.461 e. The average molecular weight is 463 g/mol. The zero-order valence-electron chi connectivity index (χ0n) is 19.3. The Morgan fingerprint density at radius 3 is 2.31 bits per heavy atom. The molecule has 0 aliphatic heterocycles. The summed E-state index contributed by atoms with van der Waals surface area (Å²) in [6, 6.07) is 31.5. The van der Waals surface area contributed by atoms with Gasteiger partial charge in [0, 0.05) is 30.6 Å². The summed E-state index contributed by atoms with van der Waals surface area (Å²) in [5.74, 6) is 1.90. The molecule has 0 atom stereocenters. The highest BCUT2D eigenvalue weighted by Crippen LogP contribution is 2.28. The Kier molecular flexibility index (Phi) is 6.80. The Hall–Kier alpha value is -4.45. The fraction of sp³-hybridized carbons (Fsp3) is 0.138. The molecular weight excluding hydrogens is 436 g/mol. The molecule has 6 heteroatoms. The molecule has 1 amide bonds. The Bertz CT molecular complexity index is 1390. The van der Waals surface area contributed by atoms with E-state index < -0.39 is 0 Å². The van der Waals surface area contributed by atoms with E-state index in [0.29, 0.717) is 31.1 Å². The minimum Gasteiger partial charge on any atom is -0.461 e. The van der Waals surface area contributed by atoms with E-state index in [4.69, 9.17) is 14.4 Å². The molecular formula is C29H26N4O2. The van der Waals surface area contributed by atoms with E-state index >= 15 is 0 Å². The second-order valence-corrected chi connectivity index (χ2v) is 8.25. The number of aromatic nitrogens is 2. The van der Waals surface area contributed by atoms with E-state index in [1.54, 1.807) is 6.26 Å². The SMILES string of the molecule is O=C(CCN(CCc1ccccc1)c1nc(-c2ccco2)nc2ccccc12)Nc1ccccc1. The van der Waals surface area contributed by atoms with Gasteiger partial charge in [-0.15, -0.1) is 0 Å². The van der Waals surface area contributed by atoms with Crippen molar-refractivity contribution >= 4 is 28.3 Å². The average Bonchev–Trinajstić information content (AvgIpc) is 3.45. The van der Waals surface area contributed by atoms with Crippen LogP contribution in [-0.4, -0.2) is 29.0 Å². The quantitative estimate of drug-likeness (QED) is 0.292. The summed E-state index contributed by atoms with van der Waals surface area (Å²) in [4.78, 5) is 24.6. The van der Waals surface area contributed by atoms with Crippen molar-refractivity contribution in [2.24, 2.45) is 0 Å². The molecule has 0 spiro atoms. The number of hydrogen-bond acceptors (Lipinski definition) is 5. The lowest BCUT2D eigenvalue weighted by atomic mass is 10.1. The molecule has 2 aromatic heterocycles. The Labute approximate surface area is 204 Å². The minimum absolute atomic E-state index is 0.0365. The summed E-state index contributed by atoms with van der Waals surface area (Å²) in [6.07, 6.45) is 2.78. The van der Waals surface area contributed by atoms with Crippen LogP contribution < -0.4 is 10.2 Å². The number of benzene rings is 3. The molecule has 6 nitrogen and oxygen atoms in total. The number of nitrogens with one attached hydrogen (secondary N) is 1. The molecule has 0 saturated heterocycles. The smallest absolute Gasteiger partial charge is 0.226 e.